The van der Waals surface area contributed by atoms with Crippen LogP contribution in [0.4, 0.5) is 43.9 Å². The maximum absolute atomic E-state index is 13.1. The fraction of sp³-hybridized carbons (Fsp3) is 0.727. The molecule has 0 saturated heterocycles. The molecule has 0 aliphatic heterocycles. The topological polar surface area (TPSA) is 26.3 Å². The van der Waals surface area contributed by atoms with Crippen LogP contribution >= 0.6 is 0 Å². The van der Waals surface area contributed by atoms with Crippen LogP contribution in [0.3, 0.4) is 0 Å². The van der Waals surface area contributed by atoms with Gasteiger partial charge in [-0.2, -0.15) is 43.9 Å². The Bertz CT molecular complexity index is 452. The van der Waals surface area contributed by atoms with Gasteiger partial charge in [-0.1, -0.05) is 6.58 Å². The summed E-state index contributed by atoms with van der Waals surface area (Å²) in [6.45, 7) is 0.434. The van der Waals surface area contributed by atoms with Gasteiger partial charge in [0.1, 0.15) is 0 Å². The highest BCUT2D eigenvalue weighted by atomic mass is 19.4. The largest absolute Gasteiger partial charge is 0.462 e. The number of carbonyl (C=O) groups excluding carboxylic acids is 1. The first-order valence-electron chi connectivity index (χ1n) is 5.64. The minimum absolute atomic E-state index is 0.427. The Kier molecular flexibility index (Phi) is 5.79. The first kappa shape index (κ1) is 21.5. The van der Waals surface area contributed by atoms with Crippen molar-refractivity contribution in [2.75, 3.05) is 6.61 Å². The fourth-order valence-electron chi connectivity index (χ4n) is 1.20. The molecule has 0 N–H and O–H groups in total. The highest BCUT2D eigenvalue weighted by Crippen LogP contribution is 2.57. The summed E-state index contributed by atoms with van der Waals surface area (Å²) in [5.41, 5.74) is 0. The molecule has 0 atom stereocenters. The first-order chi connectivity index (χ1) is 9.95. The molecule has 0 bridgehead atoms. The van der Waals surface area contributed by atoms with E-state index < -0.39 is 55.5 Å². The van der Waals surface area contributed by atoms with Crippen molar-refractivity contribution in [3.05, 3.63) is 12.7 Å². The van der Waals surface area contributed by atoms with Gasteiger partial charge in [-0.25, -0.2) is 4.79 Å². The van der Waals surface area contributed by atoms with E-state index in [4.69, 9.17) is 0 Å². The van der Waals surface area contributed by atoms with Gasteiger partial charge < -0.3 is 4.74 Å². The molecule has 0 aliphatic carbocycles. The third-order valence-electron chi connectivity index (χ3n) is 2.63. The van der Waals surface area contributed by atoms with E-state index in [-0.39, 0.29) is 0 Å². The maximum atomic E-state index is 13.1. The number of alkyl halides is 10. The van der Waals surface area contributed by atoms with Gasteiger partial charge in [0.05, 0.1) is 13.0 Å². The summed E-state index contributed by atoms with van der Waals surface area (Å²) >= 11 is 0. The zero-order chi connectivity index (χ0) is 18.9. The Morgan fingerprint density at radius 3 is 1.70 bits per heavy atom. The van der Waals surface area contributed by atoms with Gasteiger partial charge in [-0.15, -0.1) is 0 Å². The van der Waals surface area contributed by atoms with Crippen LogP contribution in [-0.2, 0) is 9.53 Å². The number of hydrogen-bond donors (Lipinski definition) is 0. The van der Waals surface area contributed by atoms with Crippen LogP contribution in [0.5, 0.6) is 0 Å². The second kappa shape index (κ2) is 6.19. The van der Waals surface area contributed by atoms with E-state index in [0.29, 0.717) is 6.08 Å². The average molecular weight is 364 g/mol. The van der Waals surface area contributed by atoms with Crippen LogP contribution in [0.25, 0.3) is 0 Å². The molecule has 0 aliphatic rings. The van der Waals surface area contributed by atoms with Crippen molar-refractivity contribution in [2.24, 2.45) is 0 Å². The molecule has 0 unspecified atom stereocenters. The Balaban J connectivity index is 5.49. The van der Waals surface area contributed by atoms with Crippen LogP contribution in [0.15, 0.2) is 12.7 Å². The third kappa shape index (κ3) is 3.71. The molecule has 0 aromatic carbocycles. The lowest BCUT2D eigenvalue weighted by Crippen LogP contribution is -2.66. The zero-order valence-electron chi connectivity index (χ0n) is 11.3. The summed E-state index contributed by atoms with van der Waals surface area (Å²) in [6.07, 6.45) is -1.88. The van der Waals surface area contributed by atoms with Gasteiger partial charge in [0.15, 0.2) is 0 Å². The molecule has 136 valence electrons. The highest BCUT2D eigenvalue weighted by Gasteiger charge is 2.84. The Labute approximate surface area is 123 Å². The number of carbonyl (C=O) groups is 1. The van der Waals surface area contributed by atoms with Gasteiger partial charge in [-0.05, 0) is 0 Å². The Hall–Kier alpha value is -1.49. The minimum Gasteiger partial charge on any atom is -0.462 e. The first-order valence-corrected chi connectivity index (χ1v) is 5.64. The summed E-state index contributed by atoms with van der Waals surface area (Å²) < 4.78 is 133. The summed E-state index contributed by atoms with van der Waals surface area (Å²) in [7, 11) is 0. The normalized spacial score (nSPS) is 14.6. The second-order valence-electron chi connectivity index (χ2n) is 4.44. The molecular formula is C11H10F10O2. The molecule has 0 spiro atoms. The van der Waals surface area contributed by atoms with Crippen molar-refractivity contribution in [3.63, 3.8) is 0 Å². The van der Waals surface area contributed by atoms with Gasteiger partial charge in [-0.3, -0.25) is 0 Å². The molecular weight excluding hydrogens is 354 g/mol. The minimum atomic E-state index is -7.08. The smallest absolute Gasteiger partial charge is 0.384 e. The molecule has 0 aromatic heterocycles. The molecule has 0 aromatic rings. The molecule has 23 heavy (non-hydrogen) atoms. The van der Waals surface area contributed by atoms with E-state index in [9.17, 15) is 48.7 Å². The summed E-state index contributed by atoms with van der Waals surface area (Å²) in [5, 5.41) is 0. The second-order valence-corrected chi connectivity index (χ2v) is 4.44. The zero-order valence-corrected chi connectivity index (χ0v) is 11.3. The van der Waals surface area contributed by atoms with E-state index in [1.807, 2.05) is 0 Å². The van der Waals surface area contributed by atoms with E-state index in [1.165, 1.54) is 0 Å². The number of ether oxygens (including phenoxy) is 1. The van der Waals surface area contributed by atoms with Crippen molar-refractivity contribution >= 4 is 5.97 Å². The average Bonchev–Trinajstić information content (AvgIpc) is 2.36. The quantitative estimate of drug-likeness (QED) is 0.365. The van der Waals surface area contributed by atoms with Crippen molar-refractivity contribution in [1.82, 2.24) is 0 Å². The van der Waals surface area contributed by atoms with E-state index in [2.05, 4.69) is 11.3 Å². The number of halogens is 10. The van der Waals surface area contributed by atoms with Crippen LogP contribution in [-0.4, -0.2) is 42.2 Å². The summed E-state index contributed by atoms with van der Waals surface area (Å²) in [6, 6.07) is 0. The van der Waals surface area contributed by atoms with Crippen LogP contribution in [0, 0.1) is 0 Å². The third-order valence-corrected chi connectivity index (χ3v) is 2.63. The molecule has 0 amide bonds. The van der Waals surface area contributed by atoms with Gasteiger partial charge in [0.25, 0.3) is 0 Å². The predicted molar refractivity (Wildman–Crippen MR) is 56.2 cm³/mol. The van der Waals surface area contributed by atoms with Crippen molar-refractivity contribution in [3.8, 4) is 0 Å². The van der Waals surface area contributed by atoms with Crippen LogP contribution < -0.4 is 0 Å². The molecule has 0 saturated carbocycles. The molecule has 0 radical (unpaired) electrons. The fourth-order valence-corrected chi connectivity index (χ4v) is 1.20. The monoisotopic (exact) mass is 364 g/mol. The van der Waals surface area contributed by atoms with E-state index in [0.717, 1.165) is 0 Å². The van der Waals surface area contributed by atoms with Gasteiger partial charge in [0.2, 0.25) is 0 Å². The SMILES string of the molecule is C=CC(=O)OCCC(F)(F)C(F)(F)C(F)(F)C(F)(F)C(C)(F)F. The molecule has 2 nitrogen and oxygen atoms in total. The predicted octanol–water partition coefficient (Wildman–Crippen LogP) is 4.30. The molecule has 0 heterocycles. The van der Waals surface area contributed by atoms with Gasteiger partial charge in [0, 0.05) is 13.0 Å². The van der Waals surface area contributed by atoms with Crippen LogP contribution in [0.2, 0.25) is 0 Å². The highest BCUT2D eigenvalue weighted by molar-refractivity contribution is 5.81. The van der Waals surface area contributed by atoms with Crippen LogP contribution in [0.1, 0.15) is 13.3 Å². The van der Waals surface area contributed by atoms with Crippen molar-refractivity contribution < 1.29 is 53.4 Å². The number of esters is 1. The summed E-state index contributed by atoms with van der Waals surface area (Å²) in [5.74, 6) is -33.6. The van der Waals surface area contributed by atoms with E-state index in [1.54, 1.807) is 0 Å². The van der Waals surface area contributed by atoms with Crippen molar-refractivity contribution in [1.29, 1.82) is 0 Å². The number of rotatable bonds is 8. The standard InChI is InChI=1S/C11H10F10O2/c1-3-6(22)23-5-4-8(14,15)10(18,19)11(20,21)9(16,17)7(2,12)13/h3H,1,4-5H2,2H3. The Morgan fingerprint density at radius 2 is 1.35 bits per heavy atom. The number of hydrogen-bond acceptors (Lipinski definition) is 2. The van der Waals surface area contributed by atoms with Crippen molar-refractivity contribution in [2.45, 2.75) is 43.0 Å². The lowest BCUT2D eigenvalue weighted by atomic mass is 9.94. The maximum Gasteiger partial charge on any atom is 0.384 e. The molecule has 0 rings (SSSR count). The molecule has 12 heteroatoms. The molecule has 0 fully saturated rings. The van der Waals surface area contributed by atoms with Gasteiger partial charge >= 0.3 is 35.6 Å². The lowest BCUT2D eigenvalue weighted by molar-refractivity contribution is -0.399. The Morgan fingerprint density at radius 1 is 0.913 bits per heavy atom. The lowest BCUT2D eigenvalue weighted by Gasteiger charge is -2.38. The van der Waals surface area contributed by atoms with E-state index >= 15 is 0 Å². The summed E-state index contributed by atoms with van der Waals surface area (Å²) in [4.78, 5) is 10.5.